The second-order valence-electron chi connectivity index (χ2n) is 4.86. The quantitative estimate of drug-likeness (QED) is 0.930. The Morgan fingerprint density at radius 1 is 1.45 bits per heavy atom. The van der Waals surface area contributed by atoms with Crippen LogP contribution in [0.15, 0.2) is 29.7 Å². The van der Waals surface area contributed by atoms with Crippen LogP contribution in [0.25, 0.3) is 0 Å². The number of nitrogens with one attached hydrogen (secondary N) is 1. The van der Waals surface area contributed by atoms with Gasteiger partial charge in [-0.1, -0.05) is 17.8 Å². The first kappa shape index (κ1) is 13.5. The molecule has 5 nitrogen and oxygen atoms in total. The Labute approximate surface area is 122 Å². The van der Waals surface area contributed by atoms with E-state index in [0.29, 0.717) is 11.3 Å². The van der Waals surface area contributed by atoms with Crippen molar-refractivity contribution in [3.05, 3.63) is 35.7 Å². The van der Waals surface area contributed by atoms with Crippen molar-refractivity contribution in [2.24, 2.45) is 7.05 Å². The number of methoxy groups -OCH3 is 1. The zero-order chi connectivity index (χ0) is 14.1. The van der Waals surface area contributed by atoms with Crippen LogP contribution >= 0.6 is 11.8 Å². The van der Waals surface area contributed by atoms with E-state index in [1.165, 1.54) is 11.1 Å². The number of hydrogen-bond donors (Lipinski definition) is 1. The van der Waals surface area contributed by atoms with Gasteiger partial charge in [0.25, 0.3) is 0 Å². The van der Waals surface area contributed by atoms with Crippen molar-refractivity contribution in [3.63, 3.8) is 0 Å². The van der Waals surface area contributed by atoms with Crippen LogP contribution in [0.4, 0.5) is 0 Å². The van der Waals surface area contributed by atoms with Crippen molar-refractivity contribution in [2.75, 3.05) is 14.2 Å². The lowest BCUT2D eigenvalue weighted by Crippen LogP contribution is -2.23. The maximum atomic E-state index is 5.33. The Morgan fingerprint density at radius 3 is 2.95 bits per heavy atom. The number of ether oxygens (including phenoxy) is 1. The summed E-state index contributed by atoms with van der Waals surface area (Å²) in [7, 11) is 5.63. The SMILES string of the molecule is CNC1c2cc(OC)ccc2CC1Sc1ncnn1C. The van der Waals surface area contributed by atoms with Crippen LogP contribution in [-0.4, -0.2) is 34.2 Å². The van der Waals surface area contributed by atoms with Gasteiger partial charge in [0.15, 0.2) is 5.16 Å². The summed E-state index contributed by atoms with van der Waals surface area (Å²) in [5.74, 6) is 0.910. The van der Waals surface area contributed by atoms with Gasteiger partial charge < -0.3 is 10.1 Å². The normalized spacial score (nSPS) is 20.9. The number of hydrogen-bond acceptors (Lipinski definition) is 5. The topological polar surface area (TPSA) is 52.0 Å². The fourth-order valence-electron chi connectivity index (χ4n) is 2.69. The van der Waals surface area contributed by atoms with Gasteiger partial charge in [-0.2, -0.15) is 5.10 Å². The first-order valence-corrected chi connectivity index (χ1v) is 7.45. The lowest BCUT2D eigenvalue weighted by molar-refractivity contribution is 0.413. The molecule has 6 heteroatoms. The molecular weight excluding hydrogens is 272 g/mol. The van der Waals surface area contributed by atoms with Crippen molar-refractivity contribution in [2.45, 2.75) is 22.9 Å². The molecule has 20 heavy (non-hydrogen) atoms. The molecule has 0 amide bonds. The molecule has 1 aromatic heterocycles. The van der Waals surface area contributed by atoms with Gasteiger partial charge in [0.2, 0.25) is 0 Å². The van der Waals surface area contributed by atoms with Gasteiger partial charge in [-0.3, -0.25) is 0 Å². The van der Waals surface area contributed by atoms with Crippen LogP contribution in [0.1, 0.15) is 17.2 Å². The highest BCUT2D eigenvalue weighted by Gasteiger charge is 2.33. The van der Waals surface area contributed by atoms with E-state index in [9.17, 15) is 0 Å². The van der Waals surface area contributed by atoms with E-state index in [0.717, 1.165) is 17.3 Å². The van der Waals surface area contributed by atoms with Crippen LogP contribution in [0.5, 0.6) is 5.75 Å². The molecule has 2 unspecified atom stereocenters. The second kappa shape index (κ2) is 5.46. The predicted octanol–water partition coefficient (Wildman–Crippen LogP) is 1.80. The van der Waals surface area contributed by atoms with Gasteiger partial charge in [0.1, 0.15) is 12.1 Å². The molecule has 0 fully saturated rings. The van der Waals surface area contributed by atoms with Gasteiger partial charge in [0, 0.05) is 18.3 Å². The Kier molecular flexibility index (Phi) is 3.67. The van der Waals surface area contributed by atoms with Crippen LogP contribution in [-0.2, 0) is 13.5 Å². The monoisotopic (exact) mass is 290 g/mol. The highest BCUT2D eigenvalue weighted by atomic mass is 32.2. The molecule has 0 bridgehead atoms. The smallest absolute Gasteiger partial charge is 0.186 e. The first-order chi connectivity index (χ1) is 9.72. The van der Waals surface area contributed by atoms with E-state index in [1.807, 2.05) is 24.8 Å². The lowest BCUT2D eigenvalue weighted by Gasteiger charge is -2.19. The molecule has 2 aromatic rings. The Morgan fingerprint density at radius 2 is 2.30 bits per heavy atom. The summed E-state index contributed by atoms with van der Waals surface area (Å²) in [5, 5.41) is 8.92. The number of aromatic nitrogens is 3. The lowest BCUT2D eigenvalue weighted by atomic mass is 10.1. The van der Waals surface area contributed by atoms with E-state index in [1.54, 1.807) is 25.2 Å². The third-order valence-electron chi connectivity index (χ3n) is 3.72. The minimum absolute atomic E-state index is 0.307. The molecular formula is C14H18N4OS. The Balaban J connectivity index is 1.87. The number of fused-ring (bicyclic) bond motifs is 1. The van der Waals surface area contributed by atoms with Gasteiger partial charge in [0.05, 0.1) is 7.11 Å². The fourth-order valence-corrected chi connectivity index (χ4v) is 3.95. The summed E-state index contributed by atoms with van der Waals surface area (Å²) in [5.41, 5.74) is 2.70. The third kappa shape index (κ3) is 2.29. The molecule has 0 spiro atoms. The molecule has 1 aliphatic rings. The third-order valence-corrected chi connectivity index (χ3v) is 5.04. The summed E-state index contributed by atoms with van der Waals surface area (Å²) in [6.45, 7) is 0. The zero-order valence-electron chi connectivity index (χ0n) is 11.8. The van der Waals surface area contributed by atoms with Gasteiger partial charge in [-0.05, 0) is 36.7 Å². The molecule has 3 rings (SSSR count). The fraction of sp³-hybridized carbons (Fsp3) is 0.429. The van der Waals surface area contributed by atoms with Crippen molar-refractivity contribution in [3.8, 4) is 5.75 Å². The van der Waals surface area contributed by atoms with Gasteiger partial charge >= 0.3 is 0 Å². The average Bonchev–Trinajstić information content (AvgIpc) is 3.02. The molecule has 0 saturated heterocycles. The Bertz CT molecular complexity index is 613. The molecule has 1 aliphatic carbocycles. The van der Waals surface area contributed by atoms with Crippen molar-refractivity contribution in [1.82, 2.24) is 20.1 Å². The van der Waals surface area contributed by atoms with Crippen LogP contribution in [0.2, 0.25) is 0 Å². The van der Waals surface area contributed by atoms with Crippen molar-refractivity contribution in [1.29, 1.82) is 0 Å². The molecule has 0 saturated carbocycles. The number of rotatable bonds is 4. The summed E-state index contributed by atoms with van der Waals surface area (Å²) < 4.78 is 7.15. The molecule has 1 heterocycles. The number of benzene rings is 1. The zero-order valence-corrected chi connectivity index (χ0v) is 12.6. The van der Waals surface area contributed by atoms with Gasteiger partial charge in [-0.25, -0.2) is 9.67 Å². The second-order valence-corrected chi connectivity index (χ2v) is 6.06. The summed E-state index contributed by atoms with van der Waals surface area (Å²) >= 11 is 1.77. The molecule has 106 valence electrons. The van der Waals surface area contributed by atoms with Crippen LogP contribution < -0.4 is 10.1 Å². The molecule has 2 atom stereocenters. The highest BCUT2D eigenvalue weighted by Crippen LogP contribution is 2.41. The highest BCUT2D eigenvalue weighted by molar-refractivity contribution is 7.99. The summed E-state index contributed by atoms with van der Waals surface area (Å²) in [6, 6.07) is 6.63. The average molecular weight is 290 g/mol. The van der Waals surface area contributed by atoms with E-state index in [-0.39, 0.29) is 0 Å². The largest absolute Gasteiger partial charge is 0.497 e. The molecule has 0 aliphatic heterocycles. The number of nitrogens with zero attached hydrogens (tertiary/aromatic N) is 3. The molecule has 1 aromatic carbocycles. The van der Waals surface area contributed by atoms with Gasteiger partial charge in [-0.15, -0.1) is 0 Å². The number of thioether (sulfide) groups is 1. The van der Waals surface area contributed by atoms with E-state index < -0.39 is 0 Å². The minimum Gasteiger partial charge on any atom is -0.497 e. The van der Waals surface area contributed by atoms with Crippen LogP contribution in [0, 0.1) is 0 Å². The molecule has 1 N–H and O–H groups in total. The maximum Gasteiger partial charge on any atom is 0.186 e. The van der Waals surface area contributed by atoms with Crippen molar-refractivity contribution < 1.29 is 4.74 Å². The first-order valence-electron chi connectivity index (χ1n) is 6.57. The maximum absolute atomic E-state index is 5.33. The van der Waals surface area contributed by atoms with E-state index in [4.69, 9.17) is 4.74 Å². The number of aryl methyl sites for hydroxylation is 1. The minimum atomic E-state index is 0.307. The van der Waals surface area contributed by atoms with E-state index in [2.05, 4.69) is 27.5 Å². The predicted molar refractivity (Wildman–Crippen MR) is 79.1 cm³/mol. The molecule has 0 radical (unpaired) electrons. The summed E-state index contributed by atoms with van der Waals surface area (Å²) in [6.07, 6.45) is 2.63. The standard InChI is InChI=1S/C14H18N4OS/c1-15-13-11-7-10(19-3)5-4-9(11)6-12(13)20-14-16-8-17-18(14)2/h4-5,7-8,12-13,15H,6H2,1-3H3. The van der Waals surface area contributed by atoms with E-state index >= 15 is 0 Å². The summed E-state index contributed by atoms with van der Waals surface area (Å²) in [4.78, 5) is 4.31. The van der Waals surface area contributed by atoms with Crippen molar-refractivity contribution >= 4 is 11.8 Å². The Hall–Kier alpha value is -1.53. The van der Waals surface area contributed by atoms with Crippen LogP contribution in [0.3, 0.4) is 0 Å².